The van der Waals surface area contributed by atoms with E-state index in [0.29, 0.717) is 76.3 Å². The molecule has 6 atom stereocenters. The van der Waals surface area contributed by atoms with Crippen LogP contribution in [0.1, 0.15) is 79.3 Å². The summed E-state index contributed by atoms with van der Waals surface area (Å²) >= 11 is 0. The van der Waals surface area contributed by atoms with Crippen molar-refractivity contribution in [2.45, 2.75) is 107 Å². The van der Waals surface area contributed by atoms with Crippen LogP contribution >= 0.6 is 0 Å². The smallest absolute Gasteiger partial charge is 0.373 e. The van der Waals surface area contributed by atoms with E-state index in [9.17, 15) is 41.4 Å². The molecule has 6 heterocycles. The van der Waals surface area contributed by atoms with E-state index in [1.807, 2.05) is 48.5 Å². The second-order valence-electron chi connectivity index (χ2n) is 22.6. The van der Waals surface area contributed by atoms with Gasteiger partial charge in [-0.25, -0.2) is 39.9 Å². The van der Waals surface area contributed by atoms with Crippen molar-refractivity contribution in [3.05, 3.63) is 130 Å². The van der Waals surface area contributed by atoms with Crippen molar-refractivity contribution in [2.24, 2.45) is 0 Å². The number of aromatic amines is 2. The van der Waals surface area contributed by atoms with Gasteiger partial charge in [0.15, 0.2) is 6.10 Å². The van der Waals surface area contributed by atoms with E-state index < -0.39 is 110 Å². The number of fused-ring (bicyclic) bond motifs is 6. The maximum absolute atomic E-state index is 15.7. The molecule has 11 N–H and O–H groups in total. The molecule has 4 aliphatic heterocycles. The minimum absolute atomic E-state index is 0.0148. The topological polar surface area (TPSA) is 296 Å². The Labute approximate surface area is 522 Å². The SMILES string of the molecule is C[C@@H]1Cc2c([nH]c3ccccc23)[C@@H](c2c(F)cc(NC3CN(CCCF)C3)cc2F)N1CC(F)(F)CO.C[C@@H]1Cc2c([nH]c3ccccc23)[C@@H](c2c(F)cc(NC3CN(CCCF)C3)cc2F)N1CC(F)(F)CO.C[C@H](O)CO.O=C(O)[C@H](O)CO.O=C=O.O=C=O. The van der Waals surface area contributed by atoms with Crippen LogP contribution in [0.3, 0.4) is 0 Å². The number of benzene rings is 4. The van der Waals surface area contributed by atoms with Gasteiger partial charge >= 0.3 is 18.3 Å². The Morgan fingerprint density at radius 2 is 0.935 bits per heavy atom. The van der Waals surface area contributed by atoms with Gasteiger partial charge in [0.2, 0.25) is 0 Å². The average molecular weight is 1320 g/mol. The van der Waals surface area contributed by atoms with E-state index in [4.69, 9.17) is 44.7 Å². The second kappa shape index (κ2) is 35.1. The number of para-hydroxylation sites is 2. The molecule has 0 spiro atoms. The zero-order chi connectivity index (χ0) is 68.2. The summed E-state index contributed by atoms with van der Waals surface area (Å²) in [7, 11) is 0. The van der Waals surface area contributed by atoms with Gasteiger partial charge in [-0.2, -0.15) is 19.2 Å². The number of nitrogens with zero attached hydrogens (tertiary/aromatic N) is 4. The standard InChI is InChI=1S/2C27H31F5N4O.C3H6O4.C3H8O2.2CO2/c2*1-16-9-20-19-5-2-3-6-23(19)34-25(20)26(36(16)14-27(31,32)15-37)24-21(29)10-17(11-22(24)30)33-18-12-35(13-18)8-4-7-28;4-1-2(5)3(6)7;1-3(5)2-4;2*2-1-3/h2*2-3,5-6,10-11,16,18,26,33-34,37H,4,7-9,12-15H2,1H3;2,4-5H,1H2,(H,6,7);3-5H,2H2,1H3;;/t2*16-,26-;2-;3-;;/m1110../s1. The van der Waals surface area contributed by atoms with Crippen molar-refractivity contribution in [3.8, 4) is 0 Å². The number of likely N-dealkylation sites (tertiary alicyclic amines) is 2. The van der Waals surface area contributed by atoms with Crippen molar-refractivity contribution in [2.75, 3.05) is 103 Å². The van der Waals surface area contributed by atoms with Crippen LogP contribution < -0.4 is 10.6 Å². The molecule has 2 saturated heterocycles. The minimum Gasteiger partial charge on any atom is -0.479 e. The molecular weight excluding hydrogens is 1240 g/mol. The number of rotatable bonds is 21. The molecule has 6 aromatic rings. The predicted octanol–water partition coefficient (Wildman–Crippen LogP) is 6.35. The summed E-state index contributed by atoms with van der Waals surface area (Å²) in [5.41, 5.74) is 4.10. The van der Waals surface area contributed by atoms with Crippen molar-refractivity contribution in [1.29, 1.82) is 0 Å². The highest BCUT2D eigenvalue weighted by atomic mass is 19.3. The number of hydrogen-bond donors (Lipinski definition) is 11. The first-order chi connectivity index (χ1) is 43.7. The maximum Gasteiger partial charge on any atom is 0.373 e. The molecule has 0 saturated carbocycles. The maximum atomic E-state index is 15.7. The molecular formula is C62H76F10N8O12. The van der Waals surface area contributed by atoms with Gasteiger partial charge in [-0.15, -0.1) is 0 Å². The van der Waals surface area contributed by atoms with Crippen molar-refractivity contribution < 1.29 is 104 Å². The predicted molar refractivity (Wildman–Crippen MR) is 315 cm³/mol. The monoisotopic (exact) mass is 1310 g/mol. The van der Waals surface area contributed by atoms with E-state index in [-0.39, 0.29) is 66.8 Å². The Balaban J connectivity index is 0.000000264. The zero-order valence-corrected chi connectivity index (χ0v) is 50.5. The molecule has 10 rings (SSSR count). The normalized spacial score (nSPS) is 19.1. The Morgan fingerprint density at radius 3 is 1.21 bits per heavy atom. The fourth-order valence-corrected chi connectivity index (χ4v) is 11.4. The number of carboxylic acid groups (broad SMARTS) is 1. The summed E-state index contributed by atoms with van der Waals surface area (Å²) in [6.45, 7) is 2.84. The lowest BCUT2D eigenvalue weighted by Crippen LogP contribution is -2.54. The molecule has 20 nitrogen and oxygen atoms in total. The fourth-order valence-electron chi connectivity index (χ4n) is 11.4. The van der Waals surface area contributed by atoms with Gasteiger partial charge in [0.05, 0.1) is 69.9 Å². The number of carbonyl (C=O) groups is 1. The first-order valence-electron chi connectivity index (χ1n) is 29.2. The number of alkyl halides is 6. The van der Waals surface area contributed by atoms with E-state index in [1.54, 1.807) is 13.8 Å². The second-order valence-corrected chi connectivity index (χ2v) is 22.6. The van der Waals surface area contributed by atoms with Crippen molar-refractivity contribution in [1.82, 2.24) is 29.6 Å². The van der Waals surface area contributed by atoms with E-state index in [2.05, 4.69) is 30.4 Å². The highest BCUT2D eigenvalue weighted by molar-refractivity contribution is 5.86. The minimum atomic E-state index is -3.44. The highest BCUT2D eigenvalue weighted by Crippen LogP contribution is 2.46. The summed E-state index contributed by atoms with van der Waals surface area (Å²) in [5.74, 6) is -11.6. The summed E-state index contributed by atoms with van der Waals surface area (Å²) in [6.07, 6.45) is 0.0507. The van der Waals surface area contributed by atoms with Crippen LogP contribution in [-0.2, 0) is 36.8 Å². The van der Waals surface area contributed by atoms with Crippen LogP contribution in [0.4, 0.5) is 55.3 Å². The number of nitrogens with one attached hydrogen (secondary N) is 4. The van der Waals surface area contributed by atoms with Gasteiger partial charge in [-0.05, 0) is 94.0 Å². The number of aliphatic hydroxyl groups is 6. The molecule has 4 aliphatic rings. The molecule has 30 heteroatoms. The number of H-pyrrole nitrogens is 2. The Kier molecular flexibility index (Phi) is 28.8. The number of carboxylic acids is 1. The van der Waals surface area contributed by atoms with Gasteiger partial charge < -0.3 is 56.3 Å². The van der Waals surface area contributed by atoms with Gasteiger partial charge in [0.25, 0.3) is 11.8 Å². The fraction of sp³-hybridized carbons (Fsp3) is 0.500. The van der Waals surface area contributed by atoms with Crippen LogP contribution in [0, 0.1) is 23.3 Å². The van der Waals surface area contributed by atoms with Gasteiger partial charge in [0.1, 0.15) is 36.5 Å². The zero-order valence-electron chi connectivity index (χ0n) is 50.5. The third-order valence-electron chi connectivity index (χ3n) is 15.6. The third-order valence-corrected chi connectivity index (χ3v) is 15.6. The number of halogens is 10. The molecule has 0 unspecified atom stereocenters. The first-order valence-corrected chi connectivity index (χ1v) is 29.2. The lowest BCUT2D eigenvalue weighted by molar-refractivity contribution is -0.193. The number of hydrogen-bond acceptors (Lipinski definition) is 17. The van der Waals surface area contributed by atoms with Crippen molar-refractivity contribution >= 4 is 51.5 Å². The molecule has 506 valence electrons. The molecule has 0 radical (unpaired) electrons. The molecule has 0 amide bonds. The largest absolute Gasteiger partial charge is 0.479 e. The highest BCUT2D eigenvalue weighted by Gasteiger charge is 2.46. The third kappa shape index (κ3) is 19.9. The summed E-state index contributed by atoms with van der Waals surface area (Å²) in [5, 5.41) is 66.2. The van der Waals surface area contributed by atoms with Crippen LogP contribution in [-0.4, -0.2) is 224 Å². The Hall–Kier alpha value is -7.31. The lowest BCUT2D eigenvalue weighted by Gasteiger charge is -2.42. The number of anilines is 2. The van der Waals surface area contributed by atoms with Gasteiger partial charge in [-0.1, -0.05) is 36.4 Å². The molecule has 92 heavy (non-hydrogen) atoms. The molecule has 2 fully saturated rings. The molecule has 0 aliphatic carbocycles. The molecule has 4 aromatic carbocycles. The van der Waals surface area contributed by atoms with Crippen LogP contribution in [0.25, 0.3) is 21.8 Å². The number of aromatic nitrogens is 2. The van der Waals surface area contributed by atoms with E-state index in [0.717, 1.165) is 32.9 Å². The number of aliphatic hydroxyl groups excluding tert-OH is 6. The summed E-state index contributed by atoms with van der Waals surface area (Å²) < 4.78 is 145. The number of aliphatic carboxylic acids is 1. The van der Waals surface area contributed by atoms with Crippen LogP contribution in [0.15, 0.2) is 72.8 Å². The van der Waals surface area contributed by atoms with Crippen LogP contribution in [0.2, 0.25) is 0 Å². The summed E-state index contributed by atoms with van der Waals surface area (Å²) in [4.78, 5) is 55.3. The summed E-state index contributed by atoms with van der Waals surface area (Å²) in [6, 6.07) is 16.5. The van der Waals surface area contributed by atoms with Crippen LogP contribution in [0.5, 0.6) is 0 Å². The Morgan fingerprint density at radius 1 is 0.609 bits per heavy atom. The van der Waals surface area contributed by atoms with E-state index >= 15 is 17.6 Å². The first kappa shape index (κ1) is 75.4. The molecule has 0 bridgehead atoms. The quantitative estimate of drug-likeness (QED) is 0.0350. The lowest BCUT2D eigenvalue weighted by atomic mass is 9.87. The van der Waals surface area contributed by atoms with Crippen molar-refractivity contribution in [3.63, 3.8) is 0 Å². The van der Waals surface area contributed by atoms with Gasteiger partial charge in [-0.3, -0.25) is 28.4 Å². The Bertz CT molecular complexity index is 3140. The molecule has 2 aromatic heterocycles. The van der Waals surface area contributed by atoms with Gasteiger partial charge in [0, 0.05) is 107 Å². The number of carbonyl (C=O) groups excluding carboxylic acids is 4. The average Bonchev–Trinajstić information content (AvgIpc) is 1.47. The van der Waals surface area contributed by atoms with E-state index in [1.165, 1.54) is 41.0 Å².